The van der Waals surface area contributed by atoms with Gasteiger partial charge >= 0.3 is 6.03 Å². The molecule has 3 heterocycles. The minimum Gasteiger partial charge on any atom is -0.459 e. The average Bonchev–Trinajstić information content (AvgIpc) is 3.32. The van der Waals surface area contributed by atoms with Gasteiger partial charge in [0.15, 0.2) is 5.76 Å². The lowest BCUT2D eigenvalue weighted by Gasteiger charge is -2.34. The molecular formula is C23H24N4O4. The summed E-state index contributed by atoms with van der Waals surface area (Å²) >= 11 is 0. The van der Waals surface area contributed by atoms with Crippen LogP contribution in [0.15, 0.2) is 59.3 Å². The number of hydrogen-bond donors (Lipinski definition) is 1. The molecule has 1 aromatic carbocycles. The van der Waals surface area contributed by atoms with Crippen LogP contribution >= 0.6 is 0 Å². The van der Waals surface area contributed by atoms with Gasteiger partial charge < -0.3 is 24.3 Å². The van der Waals surface area contributed by atoms with Gasteiger partial charge in [0.1, 0.15) is 5.75 Å². The van der Waals surface area contributed by atoms with Crippen molar-refractivity contribution in [2.24, 2.45) is 0 Å². The van der Waals surface area contributed by atoms with E-state index in [2.05, 4.69) is 10.3 Å². The summed E-state index contributed by atoms with van der Waals surface area (Å²) in [7, 11) is 0. The van der Waals surface area contributed by atoms with Gasteiger partial charge in [-0.1, -0.05) is 6.07 Å². The highest BCUT2D eigenvalue weighted by molar-refractivity contribution is 5.92. The van der Waals surface area contributed by atoms with Gasteiger partial charge in [0.2, 0.25) is 5.88 Å². The molecule has 1 aliphatic heterocycles. The Morgan fingerprint density at radius 3 is 2.42 bits per heavy atom. The van der Waals surface area contributed by atoms with Crippen molar-refractivity contribution >= 4 is 17.6 Å². The molecule has 1 aliphatic rings. The molecule has 4 rings (SSSR count). The largest absolute Gasteiger partial charge is 0.459 e. The van der Waals surface area contributed by atoms with Crippen molar-refractivity contribution < 1.29 is 18.7 Å². The highest BCUT2D eigenvalue weighted by Gasteiger charge is 2.26. The lowest BCUT2D eigenvalue weighted by Crippen LogP contribution is -2.51. The number of nitrogens with zero attached hydrogens (tertiary/aromatic N) is 3. The number of carbonyl (C=O) groups excluding carboxylic acids is 2. The van der Waals surface area contributed by atoms with Crippen molar-refractivity contribution in [3.63, 3.8) is 0 Å². The quantitative estimate of drug-likeness (QED) is 0.687. The van der Waals surface area contributed by atoms with E-state index in [0.717, 1.165) is 5.56 Å². The number of pyridine rings is 1. The number of aryl methyl sites for hydroxylation is 2. The Labute approximate surface area is 180 Å². The topological polar surface area (TPSA) is 87.9 Å². The van der Waals surface area contributed by atoms with Crippen LogP contribution in [0.1, 0.15) is 21.7 Å². The third-order valence-electron chi connectivity index (χ3n) is 5.27. The van der Waals surface area contributed by atoms with Gasteiger partial charge in [-0.2, -0.15) is 0 Å². The van der Waals surface area contributed by atoms with E-state index in [1.165, 1.54) is 11.8 Å². The molecule has 1 N–H and O–H groups in total. The minimum absolute atomic E-state index is 0.159. The molecule has 1 saturated heterocycles. The monoisotopic (exact) mass is 420 g/mol. The molecule has 3 aromatic rings. The second kappa shape index (κ2) is 8.91. The van der Waals surface area contributed by atoms with Crippen molar-refractivity contribution in [1.82, 2.24) is 14.8 Å². The molecule has 2 aromatic heterocycles. The molecule has 0 radical (unpaired) electrons. The van der Waals surface area contributed by atoms with Gasteiger partial charge in [0, 0.05) is 32.2 Å². The number of amides is 3. The summed E-state index contributed by atoms with van der Waals surface area (Å²) < 4.78 is 10.9. The van der Waals surface area contributed by atoms with E-state index >= 15 is 0 Å². The van der Waals surface area contributed by atoms with Gasteiger partial charge in [-0.25, -0.2) is 9.78 Å². The average molecular weight is 420 g/mol. The maximum Gasteiger partial charge on any atom is 0.322 e. The Morgan fingerprint density at radius 1 is 1.00 bits per heavy atom. The van der Waals surface area contributed by atoms with E-state index < -0.39 is 0 Å². The molecule has 0 unspecified atom stereocenters. The summed E-state index contributed by atoms with van der Waals surface area (Å²) in [5.41, 5.74) is 2.92. The fraction of sp³-hybridized carbons (Fsp3) is 0.261. The molecule has 0 bridgehead atoms. The van der Waals surface area contributed by atoms with Crippen LogP contribution in [-0.4, -0.2) is 52.9 Å². The summed E-state index contributed by atoms with van der Waals surface area (Å²) in [5, 5.41) is 2.84. The number of benzene rings is 1. The number of ether oxygens (including phenoxy) is 1. The summed E-state index contributed by atoms with van der Waals surface area (Å²) in [5.74, 6) is 1.32. The first-order chi connectivity index (χ1) is 15.0. The Morgan fingerprint density at radius 2 is 1.77 bits per heavy atom. The Hall–Kier alpha value is -3.81. The highest BCUT2D eigenvalue weighted by Crippen LogP contribution is 2.23. The number of furan rings is 1. The number of nitrogens with one attached hydrogen (secondary N) is 1. The maximum atomic E-state index is 12.6. The van der Waals surface area contributed by atoms with Crippen molar-refractivity contribution in [2.75, 3.05) is 31.5 Å². The van der Waals surface area contributed by atoms with Crippen LogP contribution in [0.25, 0.3) is 0 Å². The van der Waals surface area contributed by atoms with E-state index in [-0.39, 0.29) is 11.9 Å². The van der Waals surface area contributed by atoms with Crippen molar-refractivity contribution in [3.05, 3.63) is 71.8 Å². The summed E-state index contributed by atoms with van der Waals surface area (Å²) in [6, 6.07) is 12.4. The maximum absolute atomic E-state index is 12.6. The third kappa shape index (κ3) is 4.85. The SMILES string of the molecule is Cc1ccc(Oc2ccc(NC(=O)N3CCN(C(=O)c4ccco4)CC3)cn2)cc1C. The predicted octanol–water partition coefficient (Wildman–Crippen LogP) is 4.07. The van der Waals surface area contributed by atoms with Gasteiger partial charge in [-0.05, 0) is 55.3 Å². The second-order valence-electron chi connectivity index (χ2n) is 7.42. The molecule has 160 valence electrons. The fourth-order valence-corrected chi connectivity index (χ4v) is 3.28. The number of carbonyl (C=O) groups is 2. The first kappa shape index (κ1) is 20.5. The smallest absolute Gasteiger partial charge is 0.322 e. The number of rotatable bonds is 4. The standard InChI is InChI=1S/C23H24N4O4/c1-16-5-7-19(14-17(16)2)31-21-8-6-18(15-24-21)25-23(29)27-11-9-26(10-12-27)22(28)20-4-3-13-30-20/h3-8,13-15H,9-12H2,1-2H3,(H,25,29). The van der Waals surface area contributed by atoms with Gasteiger partial charge in [-0.3, -0.25) is 4.79 Å². The zero-order valence-electron chi connectivity index (χ0n) is 17.5. The number of piperazine rings is 1. The lowest BCUT2D eigenvalue weighted by molar-refractivity contribution is 0.0640. The molecular weight excluding hydrogens is 396 g/mol. The Balaban J connectivity index is 1.29. The molecule has 0 spiro atoms. The fourth-order valence-electron chi connectivity index (χ4n) is 3.28. The predicted molar refractivity (Wildman–Crippen MR) is 115 cm³/mol. The normalized spacial score (nSPS) is 13.7. The van der Waals surface area contributed by atoms with Gasteiger partial charge in [-0.15, -0.1) is 0 Å². The van der Waals surface area contributed by atoms with E-state index in [1.807, 2.05) is 32.0 Å². The van der Waals surface area contributed by atoms with Crippen LogP contribution < -0.4 is 10.1 Å². The summed E-state index contributed by atoms with van der Waals surface area (Å²) in [4.78, 5) is 32.5. The van der Waals surface area contributed by atoms with E-state index in [0.29, 0.717) is 49.3 Å². The zero-order valence-corrected chi connectivity index (χ0v) is 17.5. The zero-order chi connectivity index (χ0) is 21.8. The van der Waals surface area contributed by atoms with Crippen LogP contribution in [0.5, 0.6) is 11.6 Å². The molecule has 0 atom stereocenters. The highest BCUT2D eigenvalue weighted by atomic mass is 16.5. The van der Waals surface area contributed by atoms with Crippen LogP contribution in [0.2, 0.25) is 0 Å². The lowest BCUT2D eigenvalue weighted by atomic mass is 10.1. The second-order valence-corrected chi connectivity index (χ2v) is 7.42. The van der Waals surface area contributed by atoms with E-state index in [4.69, 9.17) is 9.15 Å². The van der Waals surface area contributed by atoms with Crippen molar-refractivity contribution in [3.8, 4) is 11.6 Å². The van der Waals surface area contributed by atoms with Crippen LogP contribution in [-0.2, 0) is 0 Å². The molecule has 1 fully saturated rings. The number of aromatic nitrogens is 1. The molecule has 31 heavy (non-hydrogen) atoms. The van der Waals surface area contributed by atoms with Crippen LogP contribution in [0.3, 0.4) is 0 Å². The van der Waals surface area contributed by atoms with Gasteiger partial charge in [0.05, 0.1) is 18.1 Å². The Kier molecular flexibility index (Phi) is 5.88. The minimum atomic E-state index is -0.227. The van der Waals surface area contributed by atoms with Crippen molar-refractivity contribution in [1.29, 1.82) is 0 Å². The first-order valence-corrected chi connectivity index (χ1v) is 10.1. The van der Waals surface area contributed by atoms with E-state index in [1.54, 1.807) is 40.3 Å². The Bertz CT molecular complexity index is 1060. The van der Waals surface area contributed by atoms with Crippen molar-refractivity contribution in [2.45, 2.75) is 13.8 Å². The number of hydrogen-bond acceptors (Lipinski definition) is 5. The van der Waals surface area contributed by atoms with Gasteiger partial charge in [0.25, 0.3) is 5.91 Å². The molecule has 0 aliphatic carbocycles. The molecule has 8 heteroatoms. The molecule has 0 saturated carbocycles. The van der Waals surface area contributed by atoms with E-state index in [9.17, 15) is 9.59 Å². The number of urea groups is 1. The third-order valence-corrected chi connectivity index (χ3v) is 5.27. The summed E-state index contributed by atoms with van der Waals surface area (Å²) in [6.07, 6.45) is 3.04. The summed E-state index contributed by atoms with van der Waals surface area (Å²) in [6.45, 7) is 5.87. The molecule has 8 nitrogen and oxygen atoms in total. The number of anilines is 1. The van der Waals surface area contributed by atoms with Crippen LogP contribution in [0, 0.1) is 13.8 Å². The van der Waals surface area contributed by atoms with Crippen LogP contribution in [0.4, 0.5) is 10.5 Å². The first-order valence-electron chi connectivity index (χ1n) is 10.1. The molecule has 3 amide bonds.